The van der Waals surface area contributed by atoms with Crippen LogP contribution in [0.15, 0.2) is 83.2 Å². The van der Waals surface area contributed by atoms with Gasteiger partial charge in [-0.1, -0.05) is 55.5 Å². The van der Waals surface area contributed by atoms with E-state index in [0.29, 0.717) is 0 Å². The Morgan fingerprint density at radius 3 is 2.55 bits per heavy atom. The first-order valence-electron chi connectivity index (χ1n) is 7.82. The number of allylic oxidation sites excluding steroid dienone is 13. The van der Waals surface area contributed by atoms with Gasteiger partial charge in [0.25, 0.3) is 0 Å². The SMILES string of the molecule is C\C=C/C(CC)=C(\C=C/C)CC1=C(/C=C\NF)CC=CC=C1. The highest BCUT2D eigenvalue weighted by Crippen LogP contribution is 2.26. The van der Waals surface area contributed by atoms with Crippen molar-refractivity contribution in [3.63, 3.8) is 0 Å². The monoisotopic (exact) mass is 299 g/mol. The highest BCUT2D eigenvalue weighted by atomic mass is 19.2. The van der Waals surface area contributed by atoms with E-state index in [0.717, 1.165) is 24.8 Å². The molecule has 0 radical (unpaired) electrons. The molecule has 1 nitrogen and oxygen atoms in total. The summed E-state index contributed by atoms with van der Waals surface area (Å²) in [7, 11) is 0. The highest BCUT2D eigenvalue weighted by molar-refractivity contribution is 5.44. The Bertz CT molecular complexity index is 554. The number of halogens is 1. The fourth-order valence-electron chi connectivity index (χ4n) is 2.50. The van der Waals surface area contributed by atoms with Gasteiger partial charge in [-0.25, -0.2) is 5.54 Å². The molecule has 0 saturated carbocycles. The van der Waals surface area contributed by atoms with Crippen LogP contribution in [0.3, 0.4) is 0 Å². The smallest absolute Gasteiger partial charge is 0.0297 e. The standard InChI is InChI=1S/C20H26FN/c1-4-10-17(6-3)19(11-5-2)16-20-13-9-7-8-12-18(20)14-15-22-21/h4-5,7-11,13-15,22H,6,12,16H2,1-3H3/b10-4-,11-5-,15-14-,19-17+. The van der Waals surface area contributed by atoms with Gasteiger partial charge in [0.1, 0.15) is 0 Å². The second-order valence-corrected chi connectivity index (χ2v) is 5.07. The summed E-state index contributed by atoms with van der Waals surface area (Å²) in [5, 5.41) is 0. The average Bonchev–Trinajstić information content (AvgIpc) is 2.75. The summed E-state index contributed by atoms with van der Waals surface area (Å²) in [5.74, 6) is 0. The number of rotatable bonds is 7. The molecule has 1 aliphatic carbocycles. The number of nitrogens with one attached hydrogen (secondary N) is 1. The second-order valence-electron chi connectivity index (χ2n) is 5.07. The molecule has 0 amide bonds. The quantitative estimate of drug-likeness (QED) is 0.446. The molecule has 0 aromatic carbocycles. The lowest BCUT2D eigenvalue weighted by atomic mass is 9.93. The van der Waals surface area contributed by atoms with Crippen LogP contribution in [-0.2, 0) is 0 Å². The Hall–Kier alpha value is -2.09. The molecule has 0 bridgehead atoms. The normalized spacial score (nSPS) is 16.9. The summed E-state index contributed by atoms with van der Waals surface area (Å²) in [6.45, 7) is 6.25. The molecular weight excluding hydrogens is 273 g/mol. The second kappa shape index (κ2) is 10.6. The molecular formula is C20H26FN. The molecule has 2 heteroatoms. The van der Waals surface area contributed by atoms with Crippen molar-refractivity contribution < 1.29 is 4.48 Å². The van der Waals surface area contributed by atoms with E-state index in [1.54, 1.807) is 5.54 Å². The minimum absolute atomic E-state index is 0.814. The summed E-state index contributed by atoms with van der Waals surface area (Å²) in [5.41, 5.74) is 6.59. The summed E-state index contributed by atoms with van der Waals surface area (Å²) < 4.78 is 12.2. The lowest BCUT2D eigenvalue weighted by Crippen LogP contribution is -1.94. The maximum absolute atomic E-state index is 12.2. The van der Waals surface area contributed by atoms with Crippen LogP contribution in [0.4, 0.5) is 4.48 Å². The predicted molar refractivity (Wildman–Crippen MR) is 94.9 cm³/mol. The Balaban J connectivity index is 3.23. The highest BCUT2D eigenvalue weighted by Gasteiger charge is 2.07. The Kier molecular flexibility index (Phi) is 8.66. The van der Waals surface area contributed by atoms with Gasteiger partial charge in [-0.05, 0) is 61.5 Å². The van der Waals surface area contributed by atoms with Crippen LogP contribution in [0.1, 0.15) is 40.0 Å². The van der Waals surface area contributed by atoms with Crippen molar-refractivity contribution in [2.75, 3.05) is 0 Å². The Labute approximate surface area is 133 Å². The first-order valence-corrected chi connectivity index (χ1v) is 7.82. The van der Waals surface area contributed by atoms with Crippen molar-refractivity contribution in [3.05, 3.63) is 83.2 Å². The van der Waals surface area contributed by atoms with E-state index >= 15 is 0 Å². The molecule has 0 heterocycles. The zero-order chi connectivity index (χ0) is 16.2. The number of hydrogen-bond donors (Lipinski definition) is 1. The van der Waals surface area contributed by atoms with Gasteiger partial charge >= 0.3 is 0 Å². The van der Waals surface area contributed by atoms with Crippen molar-refractivity contribution in [2.24, 2.45) is 0 Å². The summed E-state index contributed by atoms with van der Waals surface area (Å²) in [6, 6.07) is 0. The molecule has 0 spiro atoms. The van der Waals surface area contributed by atoms with Gasteiger partial charge in [-0.15, -0.1) is 4.48 Å². The molecule has 1 aliphatic rings. The van der Waals surface area contributed by atoms with Crippen molar-refractivity contribution in [3.8, 4) is 0 Å². The Morgan fingerprint density at radius 2 is 1.91 bits per heavy atom. The van der Waals surface area contributed by atoms with E-state index in [2.05, 4.69) is 43.4 Å². The minimum Gasteiger partial charge on any atom is -0.232 e. The van der Waals surface area contributed by atoms with Crippen LogP contribution in [0.2, 0.25) is 0 Å². The van der Waals surface area contributed by atoms with Crippen molar-refractivity contribution in [2.45, 2.75) is 40.0 Å². The van der Waals surface area contributed by atoms with Crippen LogP contribution in [0.5, 0.6) is 0 Å². The molecule has 0 fully saturated rings. The van der Waals surface area contributed by atoms with Crippen LogP contribution in [-0.4, -0.2) is 0 Å². The molecule has 22 heavy (non-hydrogen) atoms. The van der Waals surface area contributed by atoms with Gasteiger partial charge in [-0.3, -0.25) is 0 Å². The van der Waals surface area contributed by atoms with Crippen LogP contribution >= 0.6 is 0 Å². The van der Waals surface area contributed by atoms with Crippen LogP contribution in [0.25, 0.3) is 0 Å². The van der Waals surface area contributed by atoms with Crippen LogP contribution in [0, 0.1) is 0 Å². The topological polar surface area (TPSA) is 12.0 Å². The molecule has 0 aromatic rings. The predicted octanol–water partition coefficient (Wildman–Crippen LogP) is 6.04. The molecule has 118 valence electrons. The molecule has 0 saturated heterocycles. The largest absolute Gasteiger partial charge is 0.232 e. The van der Waals surface area contributed by atoms with Gasteiger partial charge in [0, 0.05) is 6.20 Å². The summed E-state index contributed by atoms with van der Waals surface area (Å²) in [6.07, 6.45) is 22.6. The van der Waals surface area contributed by atoms with Gasteiger partial charge in [0.2, 0.25) is 0 Å². The van der Waals surface area contributed by atoms with Crippen molar-refractivity contribution in [1.82, 2.24) is 5.54 Å². The zero-order valence-corrected chi connectivity index (χ0v) is 13.8. The van der Waals surface area contributed by atoms with E-state index in [9.17, 15) is 4.48 Å². The fraction of sp³-hybridized carbons (Fsp3) is 0.300. The van der Waals surface area contributed by atoms with Gasteiger partial charge in [0.15, 0.2) is 0 Å². The third-order valence-electron chi connectivity index (χ3n) is 3.55. The van der Waals surface area contributed by atoms with Gasteiger partial charge in [-0.2, -0.15) is 0 Å². The van der Waals surface area contributed by atoms with Crippen molar-refractivity contribution in [1.29, 1.82) is 0 Å². The number of hydrogen-bond acceptors (Lipinski definition) is 1. The molecule has 0 aromatic heterocycles. The zero-order valence-electron chi connectivity index (χ0n) is 13.8. The van der Waals surface area contributed by atoms with Gasteiger partial charge in [0.05, 0.1) is 0 Å². The van der Waals surface area contributed by atoms with E-state index in [-0.39, 0.29) is 0 Å². The van der Waals surface area contributed by atoms with Gasteiger partial charge < -0.3 is 0 Å². The minimum atomic E-state index is 0.814. The lowest BCUT2D eigenvalue weighted by Gasteiger charge is -2.12. The Morgan fingerprint density at radius 1 is 1.18 bits per heavy atom. The van der Waals surface area contributed by atoms with Crippen molar-refractivity contribution >= 4 is 0 Å². The maximum atomic E-state index is 12.2. The fourth-order valence-corrected chi connectivity index (χ4v) is 2.50. The molecule has 0 unspecified atom stereocenters. The third kappa shape index (κ3) is 5.72. The van der Waals surface area contributed by atoms with E-state index in [1.807, 2.05) is 32.1 Å². The third-order valence-corrected chi connectivity index (χ3v) is 3.55. The summed E-state index contributed by atoms with van der Waals surface area (Å²) >= 11 is 0. The lowest BCUT2D eigenvalue weighted by molar-refractivity contribution is 0.406. The molecule has 0 atom stereocenters. The van der Waals surface area contributed by atoms with E-state index in [1.165, 1.54) is 22.9 Å². The molecule has 1 rings (SSSR count). The van der Waals surface area contributed by atoms with E-state index < -0.39 is 0 Å². The average molecular weight is 299 g/mol. The molecule has 0 aliphatic heterocycles. The maximum Gasteiger partial charge on any atom is 0.0297 e. The van der Waals surface area contributed by atoms with Crippen LogP contribution < -0.4 is 5.54 Å². The van der Waals surface area contributed by atoms with E-state index in [4.69, 9.17) is 0 Å². The summed E-state index contributed by atoms with van der Waals surface area (Å²) in [4.78, 5) is 0. The molecule has 1 N–H and O–H groups in total. The first-order chi connectivity index (χ1) is 10.8. The first kappa shape index (κ1) is 18.0.